The number of ether oxygens (including phenoxy) is 2. The predicted octanol–water partition coefficient (Wildman–Crippen LogP) is 3.98. The summed E-state index contributed by atoms with van der Waals surface area (Å²) in [6.45, 7) is 0.888. The van der Waals surface area contributed by atoms with Gasteiger partial charge in [-0.2, -0.15) is 0 Å². The van der Waals surface area contributed by atoms with Gasteiger partial charge in [0.15, 0.2) is 11.5 Å². The van der Waals surface area contributed by atoms with Crippen molar-refractivity contribution in [1.82, 2.24) is 4.98 Å². The summed E-state index contributed by atoms with van der Waals surface area (Å²) >= 11 is 6.18. The predicted molar refractivity (Wildman–Crippen MR) is 88.7 cm³/mol. The molecule has 2 aromatic carbocycles. The molecule has 1 amide bonds. The molecule has 0 fully saturated rings. The van der Waals surface area contributed by atoms with Crippen LogP contribution in [0.2, 0.25) is 5.02 Å². The Balaban J connectivity index is 1.64. The molecule has 0 radical (unpaired) electrons. The third-order valence-electron chi connectivity index (χ3n) is 3.74. The third-order valence-corrected chi connectivity index (χ3v) is 4.05. The Hall–Kier alpha value is -2.73. The molecule has 0 spiro atoms. The van der Waals surface area contributed by atoms with E-state index < -0.39 is 5.91 Å². The maximum atomic E-state index is 13.7. The van der Waals surface area contributed by atoms with Crippen LogP contribution in [0.5, 0.6) is 11.5 Å². The van der Waals surface area contributed by atoms with Gasteiger partial charge in [0.1, 0.15) is 24.7 Å². The van der Waals surface area contributed by atoms with Crippen LogP contribution in [0.3, 0.4) is 0 Å². The summed E-state index contributed by atoms with van der Waals surface area (Å²) in [5.41, 5.74) is 1.18. The number of anilines is 1. The van der Waals surface area contributed by atoms with Crippen LogP contribution in [-0.2, 0) is 0 Å². The fourth-order valence-corrected chi connectivity index (χ4v) is 2.79. The minimum absolute atomic E-state index is 0.237. The van der Waals surface area contributed by atoms with Crippen LogP contribution in [0.4, 0.5) is 10.1 Å². The van der Waals surface area contributed by atoms with Crippen LogP contribution in [0.1, 0.15) is 10.5 Å². The highest BCUT2D eigenvalue weighted by molar-refractivity contribution is 6.34. The van der Waals surface area contributed by atoms with E-state index in [1.807, 2.05) is 0 Å². The van der Waals surface area contributed by atoms with Crippen molar-refractivity contribution in [2.75, 3.05) is 18.5 Å². The lowest BCUT2D eigenvalue weighted by Gasteiger charge is -2.19. The molecule has 2 N–H and O–H groups in total. The number of benzene rings is 2. The molecule has 1 aliphatic rings. The number of amides is 1. The van der Waals surface area contributed by atoms with Gasteiger partial charge in [0, 0.05) is 23.0 Å². The Kier molecular flexibility index (Phi) is 3.54. The third kappa shape index (κ3) is 2.55. The van der Waals surface area contributed by atoms with Gasteiger partial charge in [-0.15, -0.1) is 0 Å². The Labute approximate surface area is 141 Å². The van der Waals surface area contributed by atoms with Crippen LogP contribution < -0.4 is 14.8 Å². The lowest BCUT2D eigenvalue weighted by molar-refractivity contribution is 0.102. The first-order valence-corrected chi connectivity index (χ1v) is 7.67. The van der Waals surface area contributed by atoms with Gasteiger partial charge >= 0.3 is 0 Å². The normalized spacial score (nSPS) is 13.1. The van der Waals surface area contributed by atoms with Crippen LogP contribution in [0.25, 0.3) is 10.9 Å². The summed E-state index contributed by atoms with van der Waals surface area (Å²) in [5.74, 6) is 0.241. The molecule has 24 heavy (non-hydrogen) atoms. The van der Waals surface area contributed by atoms with E-state index in [0.717, 1.165) is 0 Å². The minimum Gasteiger partial charge on any atom is -0.486 e. The first-order valence-electron chi connectivity index (χ1n) is 7.29. The van der Waals surface area contributed by atoms with Crippen molar-refractivity contribution in [2.24, 2.45) is 0 Å². The number of rotatable bonds is 2. The van der Waals surface area contributed by atoms with Gasteiger partial charge in [0.25, 0.3) is 5.91 Å². The molecule has 0 saturated heterocycles. The van der Waals surface area contributed by atoms with Crippen molar-refractivity contribution in [3.05, 3.63) is 52.9 Å². The smallest absolute Gasteiger partial charge is 0.272 e. The maximum Gasteiger partial charge on any atom is 0.272 e. The number of hydrogen-bond donors (Lipinski definition) is 2. The number of H-pyrrole nitrogens is 1. The van der Waals surface area contributed by atoms with Gasteiger partial charge in [-0.25, -0.2) is 4.39 Å². The fraction of sp³-hybridized carbons (Fsp3) is 0.118. The van der Waals surface area contributed by atoms with Crippen molar-refractivity contribution in [3.63, 3.8) is 0 Å². The molecule has 7 heteroatoms. The standard InChI is InChI=1S/C17H12ClFN2O3/c18-10-7-15-16(24-5-4-23-15)8-13(10)21-17(22)14-6-9-11(19)2-1-3-12(9)20-14/h1-3,6-8,20H,4-5H2,(H,21,22). The zero-order valence-electron chi connectivity index (χ0n) is 12.4. The van der Waals surface area contributed by atoms with E-state index in [0.29, 0.717) is 46.3 Å². The van der Waals surface area contributed by atoms with Gasteiger partial charge < -0.3 is 19.8 Å². The molecule has 0 atom stereocenters. The summed E-state index contributed by atoms with van der Waals surface area (Å²) in [7, 11) is 0. The second-order valence-corrected chi connectivity index (χ2v) is 5.72. The highest BCUT2D eigenvalue weighted by atomic mass is 35.5. The van der Waals surface area contributed by atoms with E-state index >= 15 is 0 Å². The maximum absolute atomic E-state index is 13.7. The molecule has 0 saturated carbocycles. The Morgan fingerprint density at radius 3 is 2.67 bits per heavy atom. The number of carbonyl (C=O) groups excluding carboxylic acids is 1. The first-order chi connectivity index (χ1) is 11.6. The molecule has 1 aromatic heterocycles. The lowest BCUT2D eigenvalue weighted by atomic mass is 10.2. The van der Waals surface area contributed by atoms with Gasteiger partial charge in [-0.05, 0) is 18.2 Å². The van der Waals surface area contributed by atoms with Gasteiger partial charge in [-0.1, -0.05) is 17.7 Å². The molecule has 0 bridgehead atoms. The zero-order valence-corrected chi connectivity index (χ0v) is 13.1. The minimum atomic E-state index is -0.427. The Bertz CT molecular complexity index is 954. The molecule has 3 aromatic rings. The lowest BCUT2D eigenvalue weighted by Crippen LogP contribution is -2.17. The second-order valence-electron chi connectivity index (χ2n) is 5.31. The van der Waals surface area contributed by atoms with E-state index in [1.165, 1.54) is 12.1 Å². The summed E-state index contributed by atoms with van der Waals surface area (Å²) in [5, 5.41) is 3.38. The average Bonchev–Trinajstić information content (AvgIpc) is 3.01. The van der Waals surface area contributed by atoms with Crippen molar-refractivity contribution >= 4 is 34.1 Å². The molecule has 4 rings (SSSR count). The highest BCUT2D eigenvalue weighted by Gasteiger charge is 2.18. The van der Waals surface area contributed by atoms with Gasteiger partial charge in [0.05, 0.1) is 10.7 Å². The number of aromatic nitrogens is 1. The van der Waals surface area contributed by atoms with E-state index in [1.54, 1.807) is 24.3 Å². The van der Waals surface area contributed by atoms with E-state index in [4.69, 9.17) is 21.1 Å². The first kappa shape index (κ1) is 14.8. The van der Waals surface area contributed by atoms with Crippen molar-refractivity contribution in [3.8, 4) is 11.5 Å². The monoisotopic (exact) mass is 346 g/mol. The number of hydrogen-bond acceptors (Lipinski definition) is 3. The van der Waals surface area contributed by atoms with Crippen molar-refractivity contribution in [1.29, 1.82) is 0 Å². The van der Waals surface area contributed by atoms with E-state index in [2.05, 4.69) is 10.3 Å². The summed E-state index contributed by atoms with van der Waals surface area (Å²) in [6, 6.07) is 9.29. The van der Waals surface area contributed by atoms with Crippen LogP contribution in [-0.4, -0.2) is 24.1 Å². The number of fused-ring (bicyclic) bond motifs is 2. The van der Waals surface area contributed by atoms with Gasteiger partial charge in [0.2, 0.25) is 0 Å². The van der Waals surface area contributed by atoms with Gasteiger partial charge in [-0.3, -0.25) is 4.79 Å². The second kappa shape index (κ2) is 5.72. The number of nitrogens with one attached hydrogen (secondary N) is 2. The molecule has 2 heterocycles. The summed E-state index contributed by atoms with van der Waals surface area (Å²) < 4.78 is 24.6. The quantitative estimate of drug-likeness (QED) is 0.737. The molecular formula is C17H12ClFN2O3. The van der Waals surface area contributed by atoms with Crippen LogP contribution in [0.15, 0.2) is 36.4 Å². The number of carbonyl (C=O) groups is 1. The van der Waals surface area contributed by atoms with Crippen LogP contribution >= 0.6 is 11.6 Å². The topological polar surface area (TPSA) is 63.4 Å². The zero-order chi connectivity index (χ0) is 16.7. The molecule has 5 nitrogen and oxygen atoms in total. The molecule has 122 valence electrons. The molecular weight excluding hydrogens is 335 g/mol. The average molecular weight is 347 g/mol. The largest absolute Gasteiger partial charge is 0.486 e. The fourth-order valence-electron chi connectivity index (χ4n) is 2.59. The Morgan fingerprint density at radius 1 is 1.17 bits per heavy atom. The Morgan fingerprint density at radius 2 is 1.92 bits per heavy atom. The molecule has 1 aliphatic heterocycles. The van der Waals surface area contributed by atoms with Crippen molar-refractivity contribution in [2.45, 2.75) is 0 Å². The highest BCUT2D eigenvalue weighted by Crippen LogP contribution is 2.38. The number of aromatic amines is 1. The van der Waals surface area contributed by atoms with E-state index in [-0.39, 0.29) is 11.5 Å². The van der Waals surface area contributed by atoms with Crippen LogP contribution in [0, 0.1) is 5.82 Å². The summed E-state index contributed by atoms with van der Waals surface area (Å²) in [6.07, 6.45) is 0. The molecule has 0 unspecified atom stereocenters. The van der Waals surface area contributed by atoms with E-state index in [9.17, 15) is 9.18 Å². The molecule has 0 aliphatic carbocycles. The SMILES string of the molecule is O=C(Nc1cc2c(cc1Cl)OCCO2)c1cc2c(F)cccc2[nH]1. The number of halogens is 2. The van der Waals surface area contributed by atoms with Crippen molar-refractivity contribution < 1.29 is 18.7 Å². The summed E-state index contributed by atoms with van der Waals surface area (Å²) in [4.78, 5) is 15.3.